The highest BCUT2D eigenvalue weighted by Crippen LogP contribution is 2.24. The molecule has 78 valence electrons. The number of fused-ring (bicyclic) bond motifs is 1. The van der Waals surface area contributed by atoms with Crippen LogP contribution >= 0.6 is 11.6 Å². The molecule has 0 aliphatic rings. The lowest BCUT2D eigenvalue weighted by atomic mass is 10.3. The molecule has 2 aromatic heterocycles. The first kappa shape index (κ1) is 9.98. The minimum Gasteiger partial charge on any atom is -0.344 e. The average molecular weight is 224 g/mol. The van der Waals surface area contributed by atoms with E-state index in [1.54, 1.807) is 25.4 Å². The number of amides is 1. The fourth-order valence-corrected chi connectivity index (χ4v) is 1.48. The zero-order valence-corrected chi connectivity index (χ0v) is 8.93. The van der Waals surface area contributed by atoms with Gasteiger partial charge in [0.25, 0.3) is 0 Å². The fourth-order valence-electron chi connectivity index (χ4n) is 1.32. The van der Waals surface area contributed by atoms with Crippen LogP contribution in [-0.2, 0) is 4.79 Å². The standard InChI is InChI=1S/C10H10ClN3O/c1-2-9(15)14-8-5-13-10-7(8)3-6(11)4-12-10/h3-5H,2H2,1H3,(H,12,13)(H,14,15). The summed E-state index contributed by atoms with van der Waals surface area (Å²) in [5.74, 6) is -0.0316. The second kappa shape index (κ2) is 3.90. The number of carbonyl (C=O) groups excluding carboxylic acids is 1. The Morgan fingerprint density at radius 2 is 2.47 bits per heavy atom. The summed E-state index contributed by atoms with van der Waals surface area (Å²) >= 11 is 5.83. The van der Waals surface area contributed by atoms with Gasteiger partial charge in [0.15, 0.2) is 0 Å². The number of nitrogens with one attached hydrogen (secondary N) is 2. The number of anilines is 1. The molecule has 0 saturated heterocycles. The molecule has 4 nitrogen and oxygen atoms in total. The maximum absolute atomic E-state index is 11.2. The first-order chi connectivity index (χ1) is 7.20. The number of pyridine rings is 1. The Hall–Kier alpha value is -1.55. The number of hydrogen-bond donors (Lipinski definition) is 2. The van der Waals surface area contributed by atoms with Crippen LogP contribution in [0.4, 0.5) is 5.69 Å². The highest BCUT2D eigenvalue weighted by atomic mass is 35.5. The van der Waals surface area contributed by atoms with Crippen molar-refractivity contribution < 1.29 is 4.79 Å². The smallest absolute Gasteiger partial charge is 0.224 e. The van der Waals surface area contributed by atoms with Crippen molar-refractivity contribution in [2.75, 3.05) is 5.32 Å². The summed E-state index contributed by atoms with van der Waals surface area (Å²) in [6.45, 7) is 1.80. The maximum atomic E-state index is 11.2. The van der Waals surface area contributed by atoms with E-state index in [-0.39, 0.29) is 5.91 Å². The monoisotopic (exact) mass is 223 g/mol. The Balaban J connectivity index is 2.43. The molecule has 0 saturated carbocycles. The van der Waals surface area contributed by atoms with Crippen molar-refractivity contribution in [3.05, 3.63) is 23.5 Å². The summed E-state index contributed by atoms with van der Waals surface area (Å²) in [6, 6.07) is 1.77. The molecule has 2 aromatic rings. The normalized spacial score (nSPS) is 10.5. The summed E-state index contributed by atoms with van der Waals surface area (Å²) in [5.41, 5.74) is 1.43. The lowest BCUT2D eigenvalue weighted by Gasteiger charge is -2.00. The Morgan fingerprint density at radius 3 is 3.20 bits per heavy atom. The quantitative estimate of drug-likeness (QED) is 0.822. The molecule has 0 radical (unpaired) electrons. The van der Waals surface area contributed by atoms with Crippen LogP contribution in [0.5, 0.6) is 0 Å². The Morgan fingerprint density at radius 1 is 1.67 bits per heavy atom. The van der Waals surface area contributed by atoms with Crippen molar-refractivity contribution in [3.63, 3.8) is 0 Å². The van der Waals surface area contributed by atoms with E-state index in [4.69, 9.17) is 11.6 Å². The second-order valence-electron chi connectivity index (χ2n) is 3.15. The molecule has 0 aliphatic heterocycles. The number of rotatable bonds is 2. The van der Waals surface area contributed by atoms with Crippen LogP contribution in [0.3, 0.4) is 0 Å². The molecule has 0 fully saturated rings. The van der Waals surface area contributed by atoms with Crippen molar-refractivity contribution >= 4 is 34.2 Å². The topological polar surface area (TPSA) is 57.8 Å². The van der Waals surface area contributed by atoms with Gasteiger partial charge in [0.05, 0.1) is 10.7 Å². The summed E-state index contributed by atoms with van der Waals surface area (Å²) in [7, 11) is 0. The van der Waals surface area contributed by atoms with Gasteiger partial charge < -0.3 is 10.3 Å². The van der Waals surface area contributed by atoms with Crippen LogP contribution in [0.2, 0.25) is 5.02 Å². The van der Waals surface area contributed by atoms with Crippen LogP contribution in [0.1, 0.15) is 13.3 Å². The van der Waals surface area contributed by atoms with Crippen LogP contribution < -0.4 is 5.32 Å². The first-order valence-corrected chi connectivity index (χ1v) is 5.01. The Bertz CT molecular complexity index is 506. The molecule has 0 bridgehead atoms. The van der Waals surface area contributed by atoms with Gasteiger partial charge in [-0.2, -0.15) is 0 Å². The van der Waals surface area contributed by atoms with Crippen LogP contribution in [0.15, 0.2) is 18.5 Å². The van der Waals surface area contributed by atoms with Crippen molar-refractivity contribution in [1.82, 2.24) is 9.97 Å². The number of carbonyl (C=O) groups is 1. The molecule has 2 rings (SSSR count). The predicted molar refractivity (Wildman–Crippen MR) is 60.0 cm³/mol. The molecular weight excluding hydrogens is 214 g/mol. The van der Waals surface area contributed by atoms with Gasteiger partial charge in [0, 0.05) is 24.2 Å². The molecule has 0 spiro atoms. The molecule has 5 heteroatoms. The SMILES string of the molecule is CCC(=O)Nc1c[nH]c2ncc(Cl)cc12. The summed E-state index contributed by atoms with van der Waals surface area (Å²) < 4.78 is 0. The first-order valence-electron chi connectivity index (χ1n) is 4.63. The third-order valence-corrected chi connectivity index (χ3v) is 2.30. The zero-order chi connectivity index (χ0) is 10.8. The zero-order valence-electron chi connectivity index (χ0n) is 8.17. The van der Waals surface area contributed by atoms with Crippen LogP contribution in [0.25, 0.3) is 11.0 Å². The second-order valence-corrected chi connectivity index (χ2v) is 3.59. The van der Waals surface area contributed by atoms with Gasteiger partial charge in [0.2, 0.25) is 5.91 Å². The Labute approximate surface area is 91.7 Å². The number of nitrogens with zero attached hydrogens (tertiary/aromatic N) is 1. The summed E-state index contributed by atoms with van der Waals surface area (Å²) in [4.78, 5) is 18.3. The highest BCUT2D eigenvalue weighted by molar-refractivity contribution is 6.31. The van der Waals surface area contributed by atoms with Crippen molar-refractivity contribution in [3.8, 4) is 0 Å². The average Bonchev–Trinajstić information content (AvgIpc) is 2.61. The molecule has 0 atom stereocenters. The third-order valence-electron chi connectivity index (χ3n) is 2.09. The lowest BCUT2D eigenvalue weighted by molar-refractivity contribution is -0.115. The molecule has 15 heavy (non-hydrogen) atoms. The number of hydrogen-bond acceptors (Lipinski definition) is 2. The minimum atomic E-state index is -0.0316. The van der Waals surface area contributed by atoms with Gasteiger partial charge >= 0.3 is 0 Å². The number of H-pyrrole nitrogens is 1. The van der Waals surface area contributed by atoms with Gasteiger partial charge in [0.1, 0.15) is 5.65 Å². The molecule has 0 unspecified atom stereocenters. The predicted octanol–water partition coefficient (Wildman–Crippen LogP) is 2.56. The van der Waals surface area contributed by atoms with Gasteiger partial charge in [-0.1, -0.05) is 18.5 Å². The van der Waals surface area contributed by atoms with E-state index in [0.29, 0.717) is 22.8 Å². The van der Waals surface area contributed by atoms with E-state index in [2.05, 4.69) is 15.3 Å². The largest absolute Gasteiger partial charge is 0.344 e. The van der Waals surface area contributed by atoms with Crippen LogP contribution in [0, 0.1) is 0 Å². The van der Waals surface area contributed by atoms with E-state index in [9.17, 15) is 4.79 Å². The number of halogens is 1. The molecular formula is C10H10ClN3O. The van der Waals surface area contributed by atoms with Gasteiger partial charge in [-0.25, -0.2) is 4.98 Å². The van der Waals surface area contributed by atoms with Crippen molar-refractivity contribution in [2.24, 2.45) is 0 Å². The summed E-state index contributed by atoms with van der Waals surface area (Å²) in [5, 5.41) is 4.15. The van der Waals surface area contributed by atoms with Gasteiger partial charge in [-0.15, -0.1) is 0 Å². The van der Waals surface area contributed by atoms with Crippen LogP contribution in [-0.4, -0.2) is 15.9 Å². The fraction of sp³-hybridized carbons (Fsp3) is 0.200. The molecule has 1 amide bonds. The van der Waals surface area contributed by atoms with E-state index < -0.39 is 0 Å². The van der Waals surface area contributed by atoms with E-state index in [0.717, 1.165) is 5.39 Å². The van der Waals surface area contributed by atoms with Crippen molar-refractivity contribution in [1.29, 1.82) is 0 Å². The lowest BCUT2D eigenvalue weighted by Crippen LogP contribution is -2.08. The van der Waals surface area contributed by atoms with E-state index in [1.165, 1.54) is 0 Å². The molecule has 2 N–H and O–H groups in total. The molecule has 0 aliphatic carbocycles. The summed E-state index contributed by atoms with van der Waals surface area (Å²) in [6.07, 6.45) is 3.72. The molecule has 2 heterocycles. The van der Waals surface area contributed by atoms with Crippen molar-refractivity contribution in [2.45, 2.75) is 13.3 Å². The Kier molecular flexibility index (Phi) is 2.60. The highest BCUT2D eigenvalue weighted by Gasteiger charge is 2.07. The minimum absolute atomic E-state index is 0.0316. The maximum Gasteiger partial charge on any atom is 0.224 e. The number of aromatic nitrogens is 2. The van der Waals surface area contributed by atoms with E-state index in [1.807, 2.05) is 0 Å². The van der Waals surface area contributed by atoms with Gasteiger partial charge in [-0.05, 0) is 6.07 Å². The third kappa shape index (κ3) is 1.94. The number of aromatic amines is 1. The van der Waals surface area contributed by atoms with Gasteiger partial charge in [-0.3, -0.25) is 4.79 Å². The molecule has 0 aromatic carbocycles. The van der Waals surface area contributed by atoms with E-state index >= 15 is 0 Å².